The number of benzene rings is 5. The fourth-order valence-corrected chi connectivity index (χ4v) is 13.1. The summed E-state index contributed by atoms with van der Waals surface area (Å²) in [6, 6.07) is 42.2. The lowest BCUT2D eigenvalue weighted by Gasteiger charge is -2.28. The zero-order chi connectivity index (χ0) is 66.1. The minimum absolute atomic E-state index is 0.0523. The molecule has 2 amide bonds. The van der Waals surface area contributed by atoms with Crippen LogP contribution >= 0.6 is 0 Å². The second-order valence-corrected chi connectivity index (χ2v) is 25.7. The molecule has 0 saturated heterocycles. The molecule has 0 aromatic heterocycles. The van der Waals surface area contributed by atoms with Crippen molar-refractivity contribution in [1.29, 1.82) is 0 Å². The summed E-state index contributed by atoms with van der Waals surface area (Å²) in [5, 5.41) is 73.2. The van der Waals surface area contributed by atoms with Crippen LogP contribution in [-0.2, 0) is 16.0 Å². The summed E-state index contributed by atoms with van der Waals surface area (Å²) in [4.78, 5) is 43.9. The van der Waals surface area contributed by atoms with Crippen LogP contribution in [0.3, 0.4) is 0 Å². The number of rotatable bonds is 31. The Kier molecular flexibility index (Phi) is 28.2. The zero-order valence-corrected chi connectivity index (χ0v) is 55.2. The molecule has 15 nitrogen and oxygen atoms in total. The topological polar surface area (TPSA) is 213 Å². The first-order chi connectivity index (χ1) is 45.0. The average molecular weight is 1270 g/mol. The molecular weight excluding hydrogens is 1160 g/mol. The van der Waals surface area contributed by atoms with E-state index >= 15 is 0 Å². The van der Waals surface area contributed by atoms with Crippen LogP contribution in [-0.4, -0.2) is 145 Å². The zero-order valence-electron chi connectivity index (χ0n) is 55.2. The minimum atomic E-state index is -0.627. The highest BCUT2D eigenvalue weighted by Crippen LogP contribution is 2.38. The van der Waals surface area contributed by atoms with Gasteiger partial charge in [0.05, 0.1) is 62.8 Å². The van der Waals surface area contributed by atoms with Gasteiger partial charge in [0, 0.05) is 79.4 Å². The van der Waals surface area contributed by atoms with Gasteiger partial charge in [0.25, 0.3) is 0 Å². The number of aryl methyl sites for hydroxylation is 4. The van der Waals surface area contributed by atoms with Crippen molar-refractivity contribution in [2.45, 2.75) is 167 Å². The van der Waals surface area contributed by atoms with Gasteiger partial charge >= 0.3 is 0 Å². The Morgan fingerprint density at radius 3 is 1.51 bits per heavy atom. The number of amides is 2. The number of unbranched alkanes of at least 4 members (excludes halogenated alkanes) is 4. The number of phenolic OH excluding ortho intramolecular Hbond substituents is 1. The summed E-state index contributed by atoms with van der Waals surface area (Å²) in [6.45, 7) is 11.6. The summed E-state index contributed by atoms with van der Waals surface area (Å²) in [6.07, 6.45) is 23.1. The largest absolute Gasteiger partial charge is 0.508 e. The van der Waals surface area contributed by atoms with Gasteiger partial charge in [0.15, 0.2) is 0 Å². The van der Waals surface area contributed by atoms with Crippen LogP contribution in [0.25, 0.3) is 0 Å². The van der Waals surface area contributed by atoms with E-state index in [1.807, 2.05) is 84.6 Å². The third-order valence-corrected chi connectivity index (χ3v) is 18.5. The van der Waals surface area contributed by atoms with Crippen molar-refractivity contribution in [2.75, 3.05) is 49.1 Å². The fraction of sp³-hybridized carbons (Fsp3) is 0.462. The van der Waals surface area contributed by atoms with Gasteiger partial charge in [-0.1, -0.05) is 159 Å². The van der Waals surface area contributed by atoms with E-state index in [0.29, 0.717) is 97.1 Å². The molecule has 2 aliphatic carbocycles. The Balaban J connectivity index is 0.000000240. The van der Waals surface area contributed by atoms with Gasteiger partial charge in [0.1, 0.15) is 17.4 Å². The van der Waals surface area contributed by atoms with Gasteiger partial charge in [-0.2, -0.15) is 0 Å². The number of nitrogens with zero attached hydrogens (tertiary/aromatic N) is 6. The molecule has 9 rings (SSSR count). The lowest BCUT2D eigenvalue weighted by Crippen LogP contribution is -2.40. The normalized spacial score (nSPS) is 22.0. The van der Waals surface area contributed by atoms with E-state index in [-0.39, 0.29) is 41.2 Å². The predicted molar refractivity (Wildman–Crippen MR) is 375 cm³/mol. The summed E-state index contributed by atoms with van der Waals surface area (Å²) in [5.41, 5.74) is 8.63. The molecule has 2 aliphatic heterocycles. The van der Waals surface area contributed by atoms with Crippen LogP contribution in [0.1, 0.15) is 125 Å². The van der Waals surface area contributed by atoms with Gasteiger partial charge in [-0.15, -0.1) is 0 Å². The number of anilines is 4. The monoisotopic (exact) mass is 1270 g/mol. The Morgan fingerprint density at radius 1 is 0.538 bits per heavy atom. The lowest BCUT2D eigenvalue weighted by molar-refractivity contribution is -0.128. The maximum atomic E-state index is 13.3. The highest BCUT2D eigenvalue weighted by molar-refractivity contribution is 6.03. The Morgan fingerprint density at radius 2 is 1.02 bits per heavy atom. The minimum Gasteiger partial charge on any atom is -0.508 e. The van der Waals surface area contributed by atoms with E-state index in [1.54, 1.807) is 29.2 Å². The standard InChI is InChI=1S/C41H51N3O4.C37H51N3O5/c1-30-17-20-33(21-18-30)44(34-14-10-11-31(2)27-34)29-40-42-25-26-43(40)41(48)16-9-4-3-8-15-36-37(39(47)28-38(36)46)24-23-35(45)22-19-32-12-6-5-7-13-32;1-3-4-7-12-30(41)20-21-33-32(34(43)25-35(33)44)14-8-5-6-9-15-37(45)39-23-22-38-36(39)26-40(28-18-16-27(2)17-19-28)29-11-10-13-31(42)24-29/h3,5-8,10-14,17-18,20-21,23-24,27,35-39,45-47H,4,9,15-16,19,22,25-26,28-29H2,1-2H3;5,8,10-11,13,16-21,24,30,32-35,41-44H,3-4,6-7,9,12,14-15,22-23,25-26H2,1-2H3/b8-3-,24-23+;8-5-,21-20+/t35-,36+,37+,38-,39+;30-,32+,33+,34-,35+/m00/s1. The van der Waals surface area contributed by atoms with E-state index in [9.17, 15) is 45.3 Å². The SMILES string of the molecule is CCCCC[C@H](O)/C=C/[C@@H]1[C@@H](C/C=C\CCCC(=O)N2CCN=C2CN(c2ccc(C)cc2)c2cccc(O)c2)[C@@H](O)C[C@H]1O.Cc1ccc(N(CC2=NCCN2C(=O)CCC/C=C\C[C@@H]2[C@@H](/C=C/[C@@H](O)CCc3ccccc3)[C@H](O)C[C@@H]2O)c2cccc(C)c2)cc1. The smallest absolute Gasteiger partial charge is 0.228 e. The van der Waals surface area contributed by atoms with E-state index in [2.05, 4.69) is 114 Å². The van der Waals surface area contributed by atoms with Crippen LogP contribution < -0.4 is 9.80 Å². The Labute approximate surface area is 552 Å². The van der Waals surface area contributed by atoms with E-state index in [1.165, 1.54) is 16.7 Å². The predicted octanol–water partition coefficient (Wildman–Crippen LogP) is 12.8. The molecular formula is C78H102N6O9. The van der Waals surface area contributed by atoms with Crippen LogP contribution in [0.15, 0.2) is 186 Å². The number of phenols is 1. The van der Waals surface area contributed by atoms with Crippen molar-refractivity contribution < 1.29 is 45.3 Å². The number of hydrogen-bond donors (Lipinski definition) is 7. The molecule has 10 atom stereocenters. The van der Waals surface area contributed by atoms with Crippen LogP contribution in [0.2, 0.25) is 0 Å². The van der Waals surface area contributed by atoms with Crippen molar-refractivity contribution in [3.8, 4) is 5.75 Å². The van der Waals surface area contributed by atoms with E-state index in [4.69, 9.17) is 4.99 Å². The molecule has 0 radical (unpaired) electrons. The molecule has 4 aliphatic rings. The molecule has 93 heavy (non-hydrogen) atoms. The third kappa shape index (κ3) is 21.8. The van der Waals surface area contributed by atoms with Gasteiger partial charge in [0.2, 0.25) is 11.8 Å². The maximum Gasteiger partial charge on any atom is 0.228 e. The molecule has 0 unspecified atom stereocenters. The molecule has 2 fully saturated rings. The number of allylic oxidation sites excluding steroid dienone is 4. The van der Waals surface area contributed by atoms with Crippen molar-refractivity contribution in [2.24, 2.45) is 33.7 Å². The molecule has 2 heterocycles. The molecule has 498 valence electrons. The summed E-state index contributed by atoms with van der Waals surface area (Å²) >= 11 is 0. The molecule has 0 bridgehead atoms. The number of aliphatic hydroxyl groups is 6. The van der Waals surface area contributed by atoms with Gasteiger partial charge in [-0.05, 0) is 150 Å². The highest BCUT2D eigenvalue weighted by atomic mass is 16.3. The van der Waals surface area contributed by atoms with Gasteiger partial charge in [-0.3, -0.25) is 29.4 Å². The van der Waals surface area contributed by atoms with Gasteiger partial charge < -0.3 is 45.5 Å². The number of aliphatic imine (C=N–C) groups is 2. The number of amidine groups is 2. The molecule has 15 heteroatoms. The Bertz CT molecular complexity index is 3290. The van der Waals surface area contributed by atoms with E-state index in [0.717, 1.165) is 84.9 Å². The third-order valence-electron chi connectivity index (χ3n) is 18.5. The second kappa shape index (κ2) is 36.8. The highest BCUT2D eigenvalue weighted by Gasteiger charge is 2.41. The molecule has 5 aromatic rings. The summed E-state index contributed by atoms with van der Waals surface area (Å²) < 4.78 is 0. The number of aromatic hydroxyl groups is 1. The van der Waals surface area contributed by atoms with Crippen molar-refractivity contribution in [3.63, 3.8) is 0 Å². The van der Waals surface area contributed by atoms with Crippen LogP contribution in [0.5, 0.6) is 5.75 Å². The first-order valence-electron chi connectivity index (χ1n) is 34.1. The number of carbonyl (C=O) groups is 2. The molecule has 7 N–H and O–H groups in total. The first kappa shape index (κ1) is 71.4. The van der Waals surface area contributed by atoms with E-state index < -0.39 is 36.6 Å². The molecule has 5 aromatic carbocycles. The summed E-state index contributed by atoms with van der Waals surface area (Å²) in [7, 11) is 0. The Hall–Kier alpha value is -7.50. The summed E-state index contributed by atoms with van der Waals surface area (Å²) in [5.74, 6) is 1.27. The van der Waals surface area contributed by atoms with Crippen LogP contribution in [0.4, 0.5) is 22.7 Å². The fourth-order valence-electron chi connectivity index (χ4n) is 13.1. The second-order valence-electron chi connectivity index (χ2n) is 25.7. The number of hydrogen-bond acceptors (Lipinski definition) is 13. The number of carbonyl (C=O) groups excluding carboxylic acids is 2. The number of aliphatic hydroxyl groups excluding tert-OH is 6. The first-order valence-corrected chi connectivity index (χ1v) is 34.1. The van der Waals surface area contributed by atoms with Crippen molar-refractivity contribution in [3.05, 3.63) is 198 Å². The van der Waals surface area contributed by atoms with Crippen molar-refractivity contribution in [1.82, 2.24) is 9.80 Å². The quantitative estimate of drug-likeness (QED) is 0.0164. The molecule has 0 spiro atoms. The lowest BCUT2D eigenvalue weighted by atomic mass is 9.89. The average Bonchev–Trinajstić information content (AvgIpc) is 1.92. The molecule has 2 saturated carbocycles. The maximum absolute atomic E-state index is 13.3. The van der Waals surface area contributed by atoms with Gasteiger partial charge in [-0.25, -0.2) is 0 Å². The van der Waals surface area contributed by atoms with Crippen molar-refractivity contribution >= 4 is 46.2 Å². The van der Waals surface area contributed by atoms with Crippen LogP contribution in [0, 0.1) is 44.4 Å².